The maximum atomic E-state index is 9.45. The summed E-state index contributed by atoms with van der Waals surface area (Å²) in [5.74, 6) is 0. The van der Waals surface area contributed by atoms with Gasteiger partial charge in [0.15, 0.2) is 0 Å². The lowest BCUT2D eigenvalue weighted by Gasteiger charge is -2.47. The first-order valence-electron chi connectivity index (χ1n) is 8.57. The van der Waals surface area contributed by atoms with Crippen LogP contribution in [-0.4, -0.2) is 72.4 Å². The van der Waals surface area contributed by atoms with Crippen molar-refractivity contribution in [3.8, 4) is 0 Å². The zero-order valence-electron chi connectivity index (χ0n) is 13.4. The van der Waals surface area contributed by atoms with Gasteiger partial charge < -0.3 is 10.4 Å². The minimum absolute atomic E-state index is 0.262. The number of nitrogens with one attached hydrogen (secondary N) is 1. The normalized spacial score (nSPS) is 30.1. The highest BCUT2D eigenvalue weighted by Gasteiger charge is 2.32. The fraction of sp³-hybridized carbons (Fsp3) is 1.00. The minimum atomic E-state index is 0.262. The number of piperidine rings is 1. The fourth-order valence-corrected chi connectivity index (χ4v) is 3.65. The second-order valence-electron chi connectivity index (χ2n) is 6.61. The molecule has 2 N–H and O–H groups in total. The molecular formula is C16H33N3O. The SMILES string of the molecule is CCCNC(CO)CCN1CC2CCCCN2CC1C. The lowest BCUT2D eigenvalue weighted by molar-refractivity contribution is 0.0127. The Bertz CT molecular complexity index is 274. The average Bonchev–Trinajstić information content (AvgIpc) is 2.47. The number of rotatable bonds is 7. The summed E-state index contributed by atoms with van der Waals surface area (Å²) in [7, 11) is 0. The molecule has 2 rings (SSSR count). The molecule has 2 aliphatic heterocycles. The number of hydrogen-bond acceptors (Lipinski definition) is 4. The first kappa shape index (κ1) is 16.2. The largest absolute Gasteiger partial charge is 0.395 e. The summed E-state index contributed by atoms with van der Waals surface area (Å²) < 4.78 is 0. The van der Waals surface area contributed by atoms with Crippen molar-refractivity contribution >= 4 is 0 Å². The van der Waals surface area contributed by atoms with E-state index < -0.39 is 0 Å². The van der Waals surface area contributed by atoms with Gasteiger partial charge in [-0.25, -0.2) is 0 Å². The van der Waals surface area contributed by atoms with Crippen LogP contribution >= 0.6 is 0 Å². The van der Waals surface area contributed by atoms with Crippen LogP contribution < -0.4 is 5.32 Å². The van der Waals surface area contributed by atoms with Crippen LogP contribution in [0.25, 0.3) is 0 Å². The van der Waals surface area contributed by atoms with Crippen molar-refractivity contribution in [1.82, 2.24) is 15.1 Å². The van der Waals surface area contributed by atoms with Crippen LogP contribution in [0.15, 0.2) is 0 Å². The molecule has 4 heteroatoms. The first-order valence-corrected chi connectivity index (χ1v) is 8.57. The molecular weight excluding hydrogens is 250 g/mol. The zero-order chi connectivity index (χ0) is 14.4. The predicted octanol–water partition coefficient (Wildman–Crippen LogP) is 1.30. The van der Waals surface area contributed by atoms with Crippen molar-refractivity contribution in [1.29, 1.82) is 0 Å². The van der Waals surface area contributed by atoms with Gasteiger partial charge in [-0.2, -0.15) is 0 Å². The maximum absolute atomic E-state index is 9.45. The molecule has 0 bridgehead atoms. The molecule has 0 saturated carbocycles. The lowest BCUT2D eigenvalue weighted by atomic mass is 9.97. The van der Waals surface area contributed by atoms with Crippen molar-refractivity contribution in [2.75, 3.05) is 39.3 Å². The molecule has 3 unspecified atom stereocenters. The van der Waals surface area contributed by atoms with Gasteiger partial charge in [-0.3, -0.25) is 9.80 Å². The second-order valence-corrected chi connectivity index (χ2v) is 6.61. The zero-order valence-corrected chi connectivity index (χ0v) is 13.4. The highest BCUT2D eigenvalue weighted by molar-refractivity contribution is 4.89. The third-order valence-corrected chi connectivity index (χ3v) is 4.98. The summed E-state index contributed by atoms with van der Waals surface area (Å²) in [6, 6.07) is 1.72. The van der Waals surface area contributed by atoms with Crippen molar-refractivity contribution in [2.45, 2.75) is 64.1 Å². The summed E-state index contributed by atoms with van der Waals surface area (Å²) in [5, 5.41) is 12.9. The molecule has 20 heavy (non-hydrogen) atoms. The standard InChI is InChI=1S/C16H33N3O/c1-3-8-17-15(13-20)7-10-18-12-16-6-4-5-9-19(16)11-14(18)2/h14-17,20H,3-13H2,1-2H3. The molecule has 0 aromatic carbocycles. The summed E-state index contributed by atoms with van der Waals surface area (Å²) in [6.07, 6.45) is 6.36. The summed E-state index contributed by atoms with van der Waals surface area (Å²) >= 11 is 0. The van der Waals surface area contributed by atoms with E-state index in [4.69, 9.17) is 0 Å². The van der Waals surface area contributed by atoms with Gasteiger partial charge in [-0.05, 0) is 45.7 Å². The van der Waals surface area contributed by atoms with Gasteiger partial charge in [-0.15, -0.1) is 0 Å². The van der Waals surface area contributed by atoms with Crippen LogP contribution in [-0.2, 0) is 0 Å². The third-order valence-electron chi connectivity index (χ3n) is 4.98. The van der Waals surface area contributed by atoms with Gasteiger partial charge >= 0.3 is 0 Å². The number of nitrogens with zero attached hydrogens (tertiary/aromatic N) is 2. The Morgan fingerprint density at radius 1 is 1.30 bits per heavy atom. The molecule has 0 spiro atoms. The van der Waals surface area contributed by atoms with Gasteiger partial charge in [0, 0.05) is 37.8 Å². The first-order chi connectivity index (χ1) is 9.74. The molecule has 3 atom stereocenters. The summed E-state index contributed by atoms with van der Waals surface area (Å²) in [6.45, 7) is 10.7. The van der Waals surface area contributed by atoms with Gasteiger partial charge in [0.25, 0.3) is 0 Å². The fourth-order valence-electron chi connectivity index (χ4n) is 3.65. The number of aliphatic hydroxyl groups excluding tert-OH is 1. The Hall–Kier alpha value is -0.160. The Balaban J connectivity index is 1.76. The van der Waals surface area contributed by atoms with Gasteiger partial charge in [-0.1, -0.05) is 13.3 Å². The van der Waals surface area contributed by atoms with E-state index in [0.717, 1.165) is 32.0 Å². The molecule has 2 saturated heterocycles. The molecule has 0 aromatic rings. The lowest BCUT2D eigenvalue weighted by Crippen LogP contribution is -2.59. The van der Waals surface area contributed by atoms with Crippen LogP contribution in [0.4, 0.5) is 0 Å². The maximum Gasteiger partial charge on any atom is 0.0585 e. The van der Waals surface area contributed by atoms with Crippen molar-refractivity contribution < 1.29 is 5.11 Å². The van der Waals surface area contributed by atoms with Crippen LogP contribution in [0, 0.1) is 0 Å². The number of piperazine rings is 1. The molecule has 118 valence electrons. The van der Waals surface area contributed by atoms with Gasteiger partial charge in [0.2, 0.25) is 0 Å². The highest BCUT2D eigenvalue weighted by Crippen LogP contribution is 2.24. The second kappa shape index (κ2) is 8.32. The van der Waals surface area contributed by atoms with Crippen LogP contribution in [0.3, 0.4) is 0 Å². The van der Waals surface area contributed by atoms with Crippen molar-refractivity contribution in [3.05, 3.63) is 0 Å². The monoisotopic (exact) mass is 283 g/mol. The quantitative estimate of drug-likeness (QED) is 0.739. The van der Waals surface area contributed by atoms with E-state index in [2.05, 4.69) is 29.0 Å². The highest BCUT2D eigenvalue weighted by atomic mass is 16.3. The molecule has 0 amide bonds. The summed E-state index contributed by atoms with van der Waals surface area (Å²) in [4.78, 5) is 5.34. The number of aliphatic hydroxyl groups is 1. The number of fused-ring (bicyclic) bond motifs is 1. The van der Waals surface area contributed by atoms with E-state index in [9.17, 15) is 5.11 Å². The Labute approximate surface area is 124 Å². The van der Waals surface area contributed by atoms with Crippen LogP contribution in [0.2, 0.25) is 0 Å². The van der Waals surface area contributed by atoms with E-state index in [1.54, 1.807) is 0 Å². The Kier molecular flexibility index (Phi) is 6.75. The minimum Gasteiger partial charge on any atom is -0.395 e. The molecule has 4 nitrogen and oxygen atoms in total. The van der Waals surface area contributed by atoms with Crippen LogP contribution in [0.1, 0.15) is 46.0 Å². The van der Waals surface area contributed by atoms with E-state index in [-0.39, 0.29) is 12.6 Å². The number of hydrogen-bond donors (Lipinski definition) is 2. The predicted molar refractivity (Wildman–Crippen MR) is 84.0 cm³/mol. The van der Waals surface area contributed by atoms with E-state index in [0.29, 0.717) is 6.04 Å². The van der Waals surface area contributed by atoms with Gasteiger partial charge in [0.1, 0.15) is 0 Å². The molecule has 2 fully saturated rings. The van der Waals surface area contributed by atoms with E-state index in [1.807, 2.05) is 0 Å². The summed E-state index contributed by atoms with van der Waals surface area (Å²) in [5.41, 5.74) is 0. The molecule has 2 heterocycles. The topological polar surface area (TPSA) is 38.7 Å². The molecule has 0 aromatic heterocycles. The molecule has 2 aliphatic rings. The Morgan fingerprint density at radius 2 is 2.15 bits per heavy atom. The van der Waals surface area contributed by atoms with E-state index >= 15 is 0 Å². The van der Waals surface area contributed by atoms with Crippen LogP contribution in [0.5, 0.6) is 0 Å². The molecule has 0 aliphatic carbocycles. The van der Waals surface area contributed by atoms with Crippen molar-refractivity contribution in [2.24, 2.45) is 0 Å². The smallest absolute Gasteiger partial charge is 0.0585 e. The average molecular weight is 283 g/mol. The Morgan fingerprint density at radius 3 is 2.90 bits per heavy atom. The third kappa shape index (κ3) is 4.42. The van der Waals surface area contributed by atoms with Gasteiger partial charge in [0.05, 0.1) is 6.61 Å². The van der Waals surface area contributed by atoms with Crippen molar-refractivity contribution in [3.63, 3.8) is 0 Å². The molecule has 0 radical (unpaired) electrons. The van der Waals surface area contributed by atoms with E-state index in [1.165, 1.54) is 38.9 Å².